The Bertz CT molecular complexity index is 1070. The molecule has 204 valence electrons. The van der Waals surface area contributed by atoms with E-state index in [1.54, 1.807) is 6.26 Å². The third-order valence-electron chi connectivity index (χ3n) is 8.47. The molecular formula is C24H44N6O4SSi. The molecule has 0 aromatic rings. The number of barbiturate groups is 1. The molecule has 3 fully saturated rings. The SMILES string of the molecule is CCCCN1C(=O)C(=C(N)N)C(=O)N(C2CCC3(CC2)CN(S(C)(=O)=N[Si](C)(C)C(C)(C)C)C3)C1=O. The largest absolute Gasteiger partial charge is 0.385 e. The molecule has 4 N–H and O–H groups in total. The lowest BCUT2D eigenvalue weighted by molar-refractivity contribution is -0.138. The number of amides is 4. The smallest absolute Gasteiger partial charge is 0.334 e. The van der Waals surface area contributed by atoms with E-state index < -0.39 is 36.0 Å². The molecule has 1 atom stereocenters. The molecule has 4 amide bonds. The van der Waals surface area contributed by atoms with Gasteiger partial charge >= 0.3 is 6.03 Å². The molecule has 2 heterocycles. The summed E-state index contributed by atoms with van der Waals surface area (Å²) in [6.07, 6.45) is 6.06. The van der Waals surface area contributed by atoms with E-state index in [4.69, 9.17) is 15.5 Å². The zero-order chi connectivity index (χ0) is 27.3. The number of imide groups is 2. The van der Waals surface area contributed by atoms with Crippen molar-refractivity contribution < 1.29 is 18.6 Å². The molecule has 3 aliphatic rings. The second-order valence-electron chi connectivity index (χ2n) is 12.3. The van der Waals surface area contributed by atoms with Crippen LogP contribution in [0.25, 0.3) is 0 Å². The van der Waals surface area contributed by atoms with Crippen molar-refractivity contribution in [3.05, 3.63) is 11.4 Å². The van der Waals surface area contributed by atoms with Crippen molar-refractivity contribution in [1.29, 1.82) is 0 Å². The second-order valence-corrected chi connectivity index (χ2v) is 19.7. The van der Waals surface area contributed by atoms with Crippen LogP contribution >= 0.6 is 0 Å². The Morgan fingerprint density at radius 1 is 1.11 bits per heavy atom. The number of carbonyl (C=O) groups excluding carboxylic acids is 3. The van der Waals surface area contributed by atoms with Crippen molar-refractivity contribution >= 4 is 36.0 Å². The molecule has 2 aliphatic heterocycles. The van der Waals surface area contributed by atoms with Crippen molar-refractivity contribution in [3.63, 3.8) is 0 Å². The van der Waals surface area contributed by atoms with E-state index >= 15 is 0 Å². The molecule has 36 heavy (non-hydrogen) atoms. The standard InChI is InChI=1S/C24H44N6O4SSi/c1-8-9-14-29-20(31)18(19(25)26)21(32)30(22(29)33)17-10-12-24(13-11-17)15-28(16-24)35(5,34)27-36(6,7)23(2,3)4/h17H,8-16,25-26H2,1-7H3. The van der Waals surface area contributed by atoms with Gasteiger partial charge in [-0.25, -0.2) is 13.3 Å². The molecule has 1 saturated carbocycles. The summed E-state index contributed by atoms with van der Waals surface area (Å²) in [4.78, 5) is 41.4. The number of carbonyl (C=O) groups is 3. The number of unbranched alkanes of at least 4 members (excludes halogenated alkanes) is 1. The quantitative estimate of drug-likeness (QED) is 0.301. The highest BCUT2D eigenvalue weighted by Gasteiger charge is 2.52. The highest BCUT2D eigenvalue weighted by molar-refractivity contribution is 7.91. The van der Waals surface area contributed by atoms with Gasteiger partial charge in [-0.2, -0.15) is 0 Å². The molecule has 0 radical (unpaired) electrons. The van der Waals surface area contributed by atoms with Gasteiger partial charge in [0.25, 0.3) is 11.8 Å². The lowest BCUT2D eigenvalue weighted by Crippen LogP contribution is -2.63. The molecule has 1 aliphatic carbocycles. The maximum absolute atomic E-state index is 13.5. The predicted molar refractivity (Wildman–Crippen MR) is 144 cm³/mol. The molecule has 2 saturated heterocycles. The highest BCUT2D eigenvalue weighted by Crippen LogP contribution is 2.47. The number of urea groups is 1. The summed E-state index contributed by atoms with van der Waals surface area (Å²) in [5.74, 6) is -1.76. The van der Waals surface area contributed by atoms with E-state index in [1.807, 2.05) is 11.2 Å². The summed E-state index contributed by atoms with van der Waals surface area (Å²) >= 11 is 0. The zero-order valence-electron chi connectivity index (χ0n) is 22.9. The van der Waals surface area contributed by atoms with Crippen LogP contribution in [0.5, 0.6) is 0 Å². The van der Waals surface area contributed by atoms with Crippen molar-refractivity contribution in [2.45, 2.75) is 90.4 Å². The van der Waals surface area contributed by atoms with Crippen LogP contribution in [0.4, 0.5) is 4.79 Å². The van der Waals surface area contributed by atoms with E-state index in [1.165, 1.54) is 4.90 Å². The Balaban J connectivity index is 1.72. The van der Waals surface area contributed by atoms with Crippen LogP contribution in [0.2, 0.25) is 18.1 Å². The molecule has 12 heteroatoms. The first kappa shape index (κ1) is 28.6. The van der Waals surface area contributed by atoms with E-state index in [0.717, 1.165) is 24.2 Å². The first-order valence-electron chi connectivity index (χ1n) is 12.9. The van der Waals surface area contributed by atoms with Gasteiger partial charge in [0.05, 0.1) is 9.92 Å². The van der Waals surface area contributed by atoms with Crippen LogP contribution in [0.1, 0.15) is 66.2 Å². The minimum Gasteiger partial charge on any atom is -0.385 e. The van der Waals surface area contributed by atoms with Gasteiger partial charge in [-0.15, -0.1) is 0 Å². The second kappa shape index (κ2) is 9.75. The first-order valence-corrected chi connectivity index (χ1v) is 17.7. The monoisotopic (exact) mass is 540 g/mol. The van der Waals surface area contributed by atoms with E-state index in [0.29, 0.717) is 32.4 Å². The molecule has 10 nitrogen and oxygen atoms in total. The van der Waals surface area contributed by atoms with Crippen molar-refractivity contribution in [1.82, 2.24) is 14.1 Å². The van der Waals surface area contributed by atoms with Gasteiger partial charge < -0.3 is 11.5 Å². The summed E-state index contributed by atoms with van der Waals surface area (Å²) in [5, 5.41) is 0.0203. The average Bonchev–Trinajstić information content (AvgIpc) is 2.70. The van der Waals surface area contributed by atoms with Crippen LogP contribution in [-0.4, -0.2) is 76.3 Å². The Morgan fingerprint density at radius 2 is 1.67 bits per heavy atom. The minimum absolute atomic E-state index is 0.0171. The number of nitrogens with two attached hydrogens (primary N) is 2. The molecule has 0 bridgehead atoms. The van der Waals surface area contributed by atoms with Crippen molar-refractivity contribution in [2.75, 3.05) is 25.9 Å². The normalized spacial score (nSPS) is 23.6. The van der Waals surface area contributed by atoms with Crippen molar-refractivity contribution in [3.8, 4) is 0 Å². The van der Waals surface area contributed by atoms with Gasteiger partial charge in [-0.1, -0.05) is 34.1 Å². The summed E-state index contributed by atoms with van der Waals surface area (Å²) < 4.78 is 20.5. The van der Waals surface area contributed by atoms with Gasteiger partial charge in [-0.3, -0.25) is 23.4 Å². The number of nitrogens with zero attached hydrogens (tertiary/aromatic N) is 4. The van der Waals surface area contributed by atoms with E-state index in [2.05, 4.69) is 33.9 Å². The third kappa shape index (κ3) is 5.21. The zero-order valence-corrected chi connectivity index (χ0v) is 24.7. The maximum Gasteiger partial charge on any atom is 0.334 e. The first-order chi connectivity index (χ1) is 16.5. The Kier molecular flexibility index (Phi) is 7.76. The number of hydrogen-bond acceptors (Lipinski definition) is 7. The average molecular weight is 541 g/mol. The fraction of sp³-hybridized carbons (Fsp3) is 0.792. The van der Waals surface area contributed by atoms with Gasteiger partial charge in [0.2, 0.25) is 0 Å². The van der Waals surface area contributed by atoms with Crippen LogP contribution in [0, 0.1) is 5.41 Å². The summed E-state index contributed by atoms with van der Waals surface area (Å²) in [6.45, 7) is 14.4. The molecule has 3 rings (SSSR count). The van der Waals surface area contributed by atoms with Crippen molar-refractivity contribution in [2.24, 2.45) is 20.9 Å². The Hall–Kier alpha value is -1.92. The molecule has 0 aromatic carbocycles. The number of rotatable bonds is 6. The van der Waals surface area contributed by atoms with E-state index in [9.17, 15) is 18.6 Å². The predicted octanol–water partition coefficient (Wildman–Crippen LogP) is 2.97. The molecule has 0 aromatic heterocycles. The summed E-state index contributed by atoms with van der Waals surface area (Å²) in [5.41, 5.74) is 11.1. The van der Waals surface area contributed by atoms with Gasteiger partial charge in [-0.05, 0) is 55.7 Å². The number of hydrogen-bond donors (Lipinski definition) is 2. The topological polar surface area (TPSA) is 142 Å². The van der Waals surface area contributed by atoms with Crippen LogP contribution in [-0.2, 0) is 19.5 Å². The van der Waals surface area contributed by atoms with Crippen LogP contribution < -0.4 is 11.5 Å². The summed E-state index contributed by atoms with van der Waals surface area (Å²) in [7, 11) is -4.52. The highest BCUT2D eigenvalue weighted by atomic mass is 32.2. The lowest BCUT2D eigenvalue weighted by atomic mass is 9.68. The minimum atomic E-state index is -2.46. The molecule has 1 spiro atoms. The molecule has 1 unspecified atom stereocenters. The Morgan fingerprint density at radius 3 is 2.14 bits per heavy atom. The van der Waals surface area contributed by atoms with Gasteiger partial charge in [0.1, 0.15) is 11.4 Å². The fourth-order valence-corrected chi connectivity index (χ4v) is 11.1. The fourth-order valence-electron chi connectivity index (χ4n) is 5.08. The Labute approximate surface area is 217 Å². The van der Waals surface area contributed by atoms with Crippen LogP contribution in [0.15, 0.2) is 15.4 Å². The van der Waals surface area contributed by atoms with Gasteiger partial charge in [0.15, 0.2) is 8.24 Å². The third-order valence-corrected chi connectivity index (χ3v) is 16.5. The van der Waals surface area contributed by atoms with Crippen LogP contribution in [0.3, 0.4) is 0 Å². The summed E-state index contributed by atoms with van der Waals surface area (Å²) in [6, 6.07) is -0.900. The lowest BCUT2D eigenvalue weighted by Gasteiger charge is -2.54. The van der Waals surface area contributed by atoms with Gasteiger partial charge in [0, 0.05) is 31.9 Å². The molecular weight excluding hydrogens is 496 g/mol. The maximum atomic E-state index is 13.5. The van der Waals surface area contributed by atoms with E-state index in [-0.39, 0.29) is 34.4 Å².